The molecule has 1 unspecified atom stereocenters. The van der Waals surface area contributed by atoms with Gasteiger partial charge in [0, 0.05) is 5.69 Å². The number of carbonyl (C=O) groups is 1. The predicted molar refractivity (Wildman–Crippen MR) is 76.8 cm³/mol. The summed E-state index contributed by atoms with van der Waals surface area (Å²) in [6.45, 7) is 5.47. The van der Waals surface area contributed by atoms with Crippen molar-refractivity contribution in [2.45, 2.75) is 26.1 Å². The first-order valence-electron chi connectivity index (χ1n) is 6.10. The Morgan fingerprint density at radius 2 is 2.00 bits per heavy atom. The van der Waals surface area contributed by atoms with Crippen molar-refractivity contribution in [3.8, 4) is 0 Å². The van der Waals surface area contributed by atoms with Crippen molar-refractivity contribution in [1.82, 2.24) is 0 Å². The van der Waals surface area contributed by atoms with Gasteiger partial charge in [0.1, 0.15) is 11.5 Å². The highest BCUT2D eigenvalue weighted by Crippen LogP contribution is 2.27. The number of halogens is 1. The van der Waals surface area contributed by atoms with Crippen molar-refractivity contribution >= 4 is 23.2 Å². The Bertz CT molecular complexity index is 602. The third-order valence-electron chi connectivity index (χ3n) is 2.92. The smallest absolute Gasteiger partial charge is 0.259 e. The van der Waals surface area contributed by atoms with Gasteiger partial charge < -0.3 is 9.73 Å². The molecule has 1 aromatic heterocycles. The maximum atomic E-state index is 12.2. The van der Waals surface area contributed by atoms with E-state index in [0.717, 1.165) is 17.0 Å². The molecule has 1 amide bonds. The van der Waals surface area contributed by atoms with Gasteiger partial charge in [0.25, 0.3) is 5.91 Å². The number of carbonyl (C=O) groups excluding carboxylic acids is 1. The molecular weight excluding hydrogens is 262 g/mol. The van der Waals surface area contributed by atoms with Crippen molar-refractivity contribution in [2.75, 3.05) is 5.32 Å². The minimum Gasteiger partial charge on any atom is -0.466 e. The first kappa shape index (κ1) is 13.7. The molecule has 0 saturated carbocycles. The van der Waals surface area contributed by atoms with Crippen LogP contribution in [0.4, 0.5) is 5.69 Å². The fourth-order valence-corrected chi connectivity index (χ4v) is 2.19. The number of anilines is 1. The highest BCUT2D eigenvalue weighted by Gasteiger charge is 2.16. The molecule has 4 heteroatoms. The monoisotopic (exact) mass is 277 g/mol. The van der Waals surface area contributed by atoms with Crippen LogP contribution in [0.25, 0.3) is 0 Å². The number of alkyl halides is 1. The molecular formula is C15H16ClNO2. The Morgan fingerprint density at radius 1 is 1.32 bits per heavy atom. The number of hydrogen-bond donors (Lipinski definition) is 1. The molecule has 0 aliphatic heterocycles. The summed E-state index contributed by atoms with van der Waals surface area (Å²) in [5, 5.41) is 2.72. The SMILES string of the molecule is Cc1cc(C(=O)Nc2ccccc2C(C)Cl)c(C)o1. The minimum atomic E-state index is -0.181. The fraction of sp³-hybridized carbons (Fsp3) is 0.267. The molecule has 0 radical (unpaired) electrons. The Hall–Kier alpha value is -1.74. The van der Waals surface area contributed by atoms with E-state index in [1.807, 2.05) is 38.1 Å². The molecule has 0 fully saturated rings. The van der Waals surface area contributed by atoms with Crippen molar-refractivity contribution < 1.29 is 9.21 Å². The van der Waals surface area contributed by atoms with Crippen molar-refractivity contribution in [3.05, 3.63) is 53.0 Å². The molecule has 0 aliphatic carbocycles. The number of para-hydroxylation sites is 1. The van der Waals surface area contributed by atoms with E-state index in [4.69, 9.17) is 16.0 Å². The van der Waals surface area contributed by atoms with E-state index in [1.54, 1.807) is 13.0 Å². The number of hydrogen-bond acceptors (Lipinski definition) is 2. The number of aryl methyl sites for hydroxylation is 2. The highest BCUT2D eigenvalue weighted by atomic mass is 35.5. The van der Waals surface area contributed by atoms with Gasteiger partial charge in [-0.05, 0) is 38.5 Å². The Labute approximate surface area is 117 Å². The molecule has 2 aromatic rings. The van der Waals surface area contributed by atoms with Gasteiger partial charge in [-0.2, -0.15) is 0 Å². The molecule has 1 N–H and O–H groups in total. The number of rotatable bonds is 3. The van der Waals surface area contributed by atoms with Crippen molar-refractivity contribution in [2.24, 2.45) is 0 Å². The third kappa shape index (κ3) is 2.99. The minimum absolute atomic E-state index is 0.163. The normalized spacial score (nSPS) is 12.2. The van der Waals surface area contributed by atoms with Gasteiger partial charge in [0.2, 0.25) is 0 Å². The molecule has 1 atom stereocenters. The standard InChI is InChI=1S/C15H16ClNO2/c1-9-8-13(11(3)19-9)15(18)17-14-7-5-4-6-12(14)10(2)16/h4-8,10H,1-3H3,(H,17,18). The molecule has 1 aromatic carbocycles. The maximum absolute atomic E-state index is 12.2. The number of furan rings is 1. The van der Waals surface area contributed by atoms with E-state index in [-0.39, 0.29) is 11.3 Å². The van der Waals surface area contributed by atoms with E-state index in [1.165, 1.54) is 0 Å². The quantitative estimate of drug-likeness (QED) is 0.842. The summed E-state index contributed by atoms with van der Waals surface area (Å²) in [6, 6.07) is 9.25. The van der Waals surface area contributed by atoms with Crippen molar-refractivity contribution in [3.63, 3.8) is 0 Å². The number of amides is 1. The molecule has 19 heavy (non-hydrogen) atoms. The molecule has 0 saturated heterocycles. The zero-order valence-electron chi connectivity index (χ0n) is 11.2. The third-order valence-corrected chi connectivity index (χ3v) is 3.16. The van der Waals surface area contributed by atoms with Crippen LogP contribution in [0.15, 0.2) is 34.7 Å². The van der Waals surface area contributed by atoms with Gasteiger partial charge in [-0.3, -0.25) is 4.79 Å². The van der Waals surface area contributed by atoms with Gasteiger partial charge in [-0.15, -0.1) is 11.6 Å². The molecule has 2 rings (SSSR count). The van der Waals surface area contributed by atoms with Gasteiger partial charge in [0.05, 0.1) is 10.9 Å². The van der Waals surface area contributed by atoms with Crippen molar-refractivity contribution in [1.29, 1.82) is 0 Å². The lowest BCUT2D eigenvalue weighted by Gasteiger charge is -2.12. The lowest BCUT2D eigenvalue weighted by atomic mass is 10.1. The van der Waals surface area contributed by atoms with Crippen LogP contribution < -0.4 is 5.32 Å². The summed E-state index contributed by atoms with van der Waals surface area (Å²) >= 11 is 6.10. The lowest BCUT2D eigenvalue weighted by Crippen LogP contribution is -2.13. The Kier molecular flexibility index (Phi) is 3.96. The van der Waals surface area contributed by atoms with E-state index in [9.17, 15) is 4.79 Å². The molecule has 1 heterocycles. The summed E-state index contributed by atoms with van der Waals surface area (Å²) in [5.74, 6) is 1.16. The van der Waals surface area contributed by atoms with Gasteiger partial charge in [-0.1, -0.05) is 18.2 Å². The first-order valence-corrected chi connectivity index (χ1v) is 6.54. The zero-order chi connectivity index (χ0) is 14.0. The molecule has 3 nitrogen and oxygen atoms in total. The van der Waals surface area contributed by atoms with E-state index in [2.05, 4.69) is 5.32 Å². The fourth-order valence-electron chi connectivity index (χ4n) is 2.00. The van der Waals surface area contributed by atoms with E-state index >= 15 is 0 Å². The van der Waals surface area contributed by atoms with Gasteiger partial charge >= 0.3 is 0 Å². The largest absolute Gasteiger partial charge is 0.466 e. The second-order valence-electron chi connectivity index (χ2n) is 4.48. The average Bonchev–Trinajstić information content (AvgIpc) is 2.69. The van der Waals surface area contributed by atoms with E-state index in [0.29, 0.717) is 11.3 Å². The second kappa shape index (κ2) is 5.49. The zero-order valence-corrected chi connectivity index (χ0v) is 11.9. The van der Waals surface area contributed by atoms with Crippen LogP contribution in [0.2, 0.25) is 0 Å². The van der Waals surface area contributed by atoms with Crippen LogP contribution in [-0.2, 0) is 0 Å². The van der Waals surface area contributed by atoms with Crippen LogP contribution in [0, 0.1) is 13.8 Å². The predicted octanol–water partition coefficient (Wildman–Crippen LogP) is 4.45. The van der Waals surface area contributed by atoms with Crippen LogP contribution >= 0.6 is 11.6 Å². The van der Waals surface area contributed by atoms with E-state index < -0.39 is 0 Å². The molecule has 0 aliphatic rings. The summed E-state index contributed by atoms with van der Waals surface area (Å²) in [6.07, 6.45) is 0. The molecule has 0 bridgehead atoms. The van der Waals surface area contributed by atoms with Crippen LogP contribution in [0.5, 0.6) is 0 Å². The topological polar surface area (TPSA) is 42.2 Å². The number of nitrogens with one attached hydrogen (secondary N) is 1. The Balaban J connectivity index is 2.27. The lowest BCUT2D eigenvalue weighted by molar-refractivity contribution is 0.102. The highest BCUT2D eigenvalue weighted by molar-refractivity contribution is 6.21. The second-order valence-corrected chi connectivity index (χ2v) is 5.14. The van der Waals surface area contributed by atoms with Crippen LogP contribution in [0.1, 0.15) is 39.7 Å². The number of benzene rings is 1. The average molecular weight is 278 g/mol. The van der Waals surface area contributed by atoms with Crippen LogP contribution in [-0.4, -0.2) is 5.91 Å². The summed E-state index contributed by atoms with van der Waals surface area (Å²) in [5.41, 5.74) is 2.18. The summed E-state index contributed by atoms with van der Waals surface area (Å²) in [7, 11) is 0. The summed E-state index contributed by atoms with van der Waals surface area (Å²) in [4.78, 5) is 12.2. The Morgan fingerprint density at radius 3 is 2.58 bits per heavy atom. The van der Waals surface area contributed by atoms with Gasteiger partial charge in [-0.25, -0.2) is 0 Å². The van der Waals surface area contributed by atoms with Crippen LogP contribution in [0.3, 0.4) is 0 Å². The maximum Gasteiger partial charge on any atom is 0.259 e. The molecule has 100 valence electrons. The summed E-state index contributed by atoms with van der Waals surface area (Å²) < 4.78 is 5.36. The molecule has 0 spiro atoms. The van der Waals surface area contributed by atoms with Gasteiger partial charge in [0.15, 0.2) is 0 Å². The first-order chi connectivity index (χ1) is 8.99.